The molecule has 1 heterocycles. The van der Waals surface area contributed by atoms with Crippen molar-refractivity contribution in [2.45, 2.75) is 90.9 Å². The lowest BCUT2D eigenvalue weighted by Gasteiger charge is -2.08. The molecule has 0 saturated carbocycles. The lowest BCUT2D eigenvalue weighted by atomic mass is 10.1. The number of ether oxygens (including phenoxy) is 1. The SMILES string of the molecule is CCCCCCCCOc1ccc(-c2ccc(CCCCCCC)cn2)cc1. The van der Waals surface area contributed by atoms with E-state index in [-0.39, 0.29) is 0 Å². The van der Waals surface area contributed by atoms with Crippen LogP contribution in [-0.4, -0.2) is 11.6 Å². The van der Waals surface area contributed by atoms with Gasteiger partial charge in [-0.05, 0) is 55.2 Å². The molecule has 1 aromatic carbocycles. The number of nitrogens with zero attached hydrogens (tertiary/aromatic N) is 1. The smallest absolute Gasteiger partial charge is 0.119 e. The fourth-order valence-corrected chi connectivity index (χ4v) is 3.47. The van der Waals surface area contributed by atoms with Gasteiger partial charge in [0.2, 0.25) is 0 Å². The van der Waals surface area contributed by atoms with Crippen LogP contribution in [0.3, 0.4) is 0 Å². The van der Waals surface area contributed by atoms with E-state index in [4.69, 9.17) is 4.74 Å². The van der Waals surface area contributed by atoms with Gasteiger partial charge in [-0.15, -0.1) is 0 Å². The summed E-state index contributed by atoms with van der Waals surface area (Å²) in [5.41, 5.74) is 3.54. The van der Waals surface area contributed by atoms with Crippen LogP contribution in [-0.2, 0) is 6.42 Å². The number of benzene rings is 1. The number of hydrogen-bond donors (Lipinski definition) is 0. The predicted molar refractivity (Wildman–Crippen MR) is 121 cm³/mol. The fourth-order valence-electron chi connectivity index (χ4n) is 3.47. The van der Waals surface area contributed by atoms with Gasteiger partial charge in [-0.1, -0.05) is 77.7 Å². The topological polar surface area (TPSA) is 22.1 Å². The molecule has 154 valence electrons. The van der Waals surface area contributed by atoms with Crippen LogP contribution in [0.15, 0.2) is 42.6 Å². The number of unbranched alkanes of at least 4 members (excludes halogenated alkanes) is 9. The van der Waals surface area contributed by atoms with Crippen LogP contribution in [0.25, 0.3) is 11.3 Å². The van der Waals surface area contributed by atoms with Crippen molar-refractivity contribution in [2.75, 3.05) is 6.61 Å². The van der Waals surface area contributed by atoms with E-state index in [2.05, 4.69) is 55.2 Å². The molecule has 0 saturated heterocycles. The van der Waals surface area contributed by atoms with Gasteiger partial charge in [0.05, 0.1) is 12.3 Å². The molecule has 2 heteroatoms. The minimum atomic E-state index is 0.816. The maximum atomic E-state index is 5.87. The van der Waals surface area contributed by atoms with E-state index in [1.807, 2.05) is 6.20 Å². The van der Waals surface area contributed by atoms with E-state index in [9.17, 15) is 0 Å². The molecule has 2 nitrogen and oxygen atoms in total. The van der Waals surface area contributed by atoms with Gasteiger partial charge in [0.25, 0.3) is 0 Å². The third-order valence-electron chi connectivity index (χ3n) is 5.31. The molecular formula is C26H39NO. The first-order valence-corrected chi connectivity index (χ1v) is 11.5. The summed E-state index contributed by atoms with van der Waals surface area (Å²) in [6.07, 6.45) is 17.6. The Labute approximate surface area is 172 Å². The van der Waals surface area contributed by atoms with E-state index in [1.165, 1.54) is 69.8 Å². The second-order valence-electron chi connectivity index (χ2n) is 7.86. The molecular weight excluding hydrogens is 342 g/mol. The summed E-state index contributed by atoms with van der Waals surface area (Å²) in [6.45, 7) is 5.33. The summed E-state index contributed by atoms with van der Waals surface area (Å²) >= 11 is 0. The van der Waals surface area contributed by atoms with E-state index in [0.29, 0.717) is 0 Å². The van der Waals surface area contributed by atoms with Crippen molar-refractivity contribution in [3.05, 3.63) is 48.2 Å². The number of rotatable bonds is 15. The molecule has 0 bridgehead atoms. The van der Waals surface area contributed by atoms with Gasteiger partial charge in [-0.3, -0.25) is 4.98 Å². The summed E-state index contributed by atoms with van der Waals surface area (Å²) in [4.78, 5) is 4.66. The van der Waals surface area contributed by atoms with E-state index in [0.717, 1.165) is 36.5 Å². The van der Waals surface area contributed by atoms with E-state index in [1.54, 1.807) is 0 Å². The predicted octanol–water partition coefficient (Wildman–Crippen LogP) is 8.00. The Kier molecular flexibility index (Phi) is 11.4. The van der Waals surface area contributed by atoms with Gasteiger partial charge in [0, 0.05) is 11.8 Å². The summed E-state index contributed by atoms with van der Waals surface area (Å²) in [5.74, 6) is 0.959. The second-order valence-corrected chi connectivity index (χ2v) is 7.86. The number of aryl methyl sites for hydroxylation is 1. The molecule has 2 aromatic rings. The van der Waals surface area contributed by atoms with Gasteiger partial charge in [-0.25, -0.2) is 0 Å². The lowest BCUT2D eigenvalue weighted by Crippen LogP contribution is -1.97. The maximum Gasteiger partial charge on any atom is 0.119 e. The minimum absolute atomic E-state index is 0.816. The highest BCUT2D eigenvalue weighted by molar-refractivity contribution is 5.60. The average molecular weight is 382 g/mol. The van der Waals surface area contributed by atoms with Crippen LogP contribution in [0, 0.1) is 0 Å². The first-order valence-electron chi connectivity index (χ1n) is 11.5. The second kappa shape index (κ2) is 14.2. The lowest BCUT2D eigenvalue weighted by molar-refractivity contribution is 0.304. The van der Waals surface area contributed by atoms with Gasteiger partial charge < -0.3 is 4.74 Å². The highest BCUT2D eigenvalue weighted by Gasteiger charge is 2.02. The largest absolute Gasteiger partial charge is 0.494 e. The van der Waals surface area contributed by atoms with Crippen LogP contribution >= 0.6 is 0 Å². The molecule has 0 aliphatic heterocycles. The molecule has 0 atom stereocenters. The zero-order valence-electron chi connectivity index (χ0n) is 18.1. The van der Waals surface area contributed by atoms with Gasteiger partial charge in [-0.2, -0.15) is 0 Å². The molecule has 0 spiro atoms. The molecule has 0 unspecified atom stereocenters. The van der Waals surface area contributed by atoms with Crippen molar-refractivity contribution in [3.8, 4) is 17.0 Å². The molecule has 0 radical (unpaired) electrons. The average Bonchev–Trinajstić information content (AvgIpc) is 2.74. The molecule has 0 aliphatic rings. The zero-order chi connectivity index (χ0) is 19.9. The standard InChI is InChI=1S/C26H39NO/c1-3-5-7-9-11-13-21-28-25-18-16-24(17-19-25)26-20-15-23(22-27-26)14-12-10-8-6-4-2/h15-20,22H,3-14,21H2,1-2H3. The van der Waals surface area contributed by atoms with Crippen molar-refractivity contribution in [3.63, 3.8) is 0 Å². The number of aromatic nitrogens is 1. The zero-order valence-corrected chi connectivity index (χ0v) is 18.1. The van der Waals surface area contributed by atoms with Crippen molar-refractivity contribution in [1.29, 1.82) is 0 Å². The fraction of sp³-hybridized carbons (Fsp3) is 0.577. The van der Waals surface area contributed by atoms with Crippen LogP contribution in [0.2, 0.25) is 0 Å². The molecule has 0 fully saturated rings. The Bertz CT molecular complexity index is 618. The Balaban J connectivity index is 1.70. The number of pyridine rings is 1. The van der Waals surface area contributed by atoms with Gasteiger partial charge in [0.15, 0.2) is 0 Å². The van der Waals surface area contributed by atoms with Crippen LogP contribution in [0.5, 0.6) is 5.75 Å². The third-order valence-corrected chi connectivity index (χ3v) is 5.31. The van der Waals surface area contributed by atoms with Crippen molar-refractivity contribution < 1.29 is 4.74 Å². The quantitative estimate of drug-likeness (QED) is 0.291. The van der Waals surface area contributed by atoms with Crippen LogP contribution in [0.1, 0.15) is 90.0 Å². The maximum absolute atomic E-state index is 5.87. The molecule has 0 N–H and O–H groups in total. The normalized spacial score (nSPS) is 10.9. The summed E-state index contributed by atoms with van der Waals surface area (Å²) in [7, 11) is 0. The Hall–Kier alpha value is -1.83. The third kappa shape index (κ3) is 8.91. The summed E-state index contributed by atoms with van der Waals surface area (Å²) in [6, 6.07) is 12.7. The van der Waals surface area contributed by atoms with Crippen molar-refractivity contribution >= 4 is 0 Å². The van der Waals surface area contributed by atoms with Crippen LogP contribution < -0.4 is 4.74 Å². The molecule has 1 aromatic heterocycles. The first-order chi connectivity index (χ1) is 13.8. The molecule has 2 rings (SSSR count). The molecule has 28 heavy (non-hydrogen) atoms. The Morgan fingerprint density at radius 1 is 0.679 bits per heavy atom. The molecule has 0 aliphatic carbocycles. The monoisotopic (exact) mass is 381 g/mol. The van der Waals surface area contributed by atoms with E-state index >= 15 is 0 Å². The Morgan fingerprint density at radius 3 is 1.96 bits per heavy atom. The van der Waals surface area contributed by atoms with Crippen molar-refractivity contribution in [1.82, 2.24) is 4.98 Å². The van der Waals surface area contributed by atoms with Gasteiger partial charge >= 0.3 is 0 Å². The molecule has 0 amide bonds. The van der Waals surface area contributed by atoms with E-state index < -0.39 is 0 Å². The Morgan fingerprint density at radius 2 is 1.32 bits per heavy atom. The summed E-state index contributed by atoms with van der Waals surface area (Å²) in [5, 5.41) is 0. The van der Waals surface area contributed by atoms with Gasteiger partial charge in [0.1, 0.15) is 5.75 Å². The first kappa shape index (κ1) is 22.5. The van der Waals surface area contributed by atoms with Crippen LogP contribution in [0.4, 0.5) is 0 Å². The van der Waals surface area contributed by atoms with Crippen molar-refractivity contribution in [2.24, 2.45) is 0 Å². The number of hydrogen-bond acceptors (Lipinski definition) is 2. The highest BCUT2D eigenvalue weighted by Crippen LogP contribution is 2.21. The minimum Gasteiger partial charge on any atom is -0.494 e. The highest BCUT2D eigenvalue weighted by atomic mass is 16.5. The summed E-state index contributed by atoms with van der Waals surface area (Å²) < 4.78 is 5.87.